The first kappa shape index (κ1) is 14.3. The van der Waals surface area contributed by atoms with Gasteiger partial charge in [0.1, 0.15) is 0 Å². The van der Waals surface area contributed by atoms with E-state index in [0.717, 1.165) is 18.1 Å². The molecule has 2 atom stereocenters. The Labute approximate surface area is 129 Å². The number of halogens is 1. The number of thiophene rings is 1. The van der Waals surface area contributed by atoms with E-state index in [0.29, 0.717) is 12.0 Å². The summed E-state index contributed by atoms with van der Waals surface area (Å²) in [5.74, 6) is 0.646. The standard InChI is InChI=1S/C16H21ClN2S/c1-19(13-7-4-5-11(13)9-18)10-15-16(17)12-6-2-3-8-14(12)20-15/h2-3,6,8,11,13H,4-5,7,9-10,18H2,1H3. The third-order valence-corrected chi connectivity index (χ3v) is 6.18. The Morgan fingerprint density at radius 1 is 1.35 bits per heavy atom. The van der Waals surface area contributed by atoms with Crippen LogP contribution < -0.4 is 5.73 Å². The number of benzene rings is 1. The maximum absolute atomic E-state index is 6.54. The summed E-state index contributed by atoms with van der Waals surface area (Å²) >= 11 is 8.35. The molecule has 0 spiro atoms. The molecule has 1 fully saturated rings. The van der Waals surface area contributed by atoms with Crippen LogP contribution in [0.3, 0.4) is 0 Å². The lowest BCUT2D eigenvalue weighted by atomic mass is 10.0. The molecule has 3 rings (SSSR count). The normalized spacial score (nSPS) is 23.0. The Kier molecular flexibility index (Phi) is 4.32. The maximum Gasteiger partial charge on any atom is 0.0637 e. The van der Waals surface area contributed by atoms with Crippen molar-refractivity contribution in [2.75, 3.05) is 13.6 Å². The van der Waals surface area contributed by atoms with E-state index in [1.54, 1.807) is 0 Å². The Hall–Kier alpha value is -0.610. The van der Waals surface area contributed by atoms with E-state index in [2.05, 4.69) is 36.2 Å². The van der Waals surface area contributed by atoms with Gasteiger partial charge in [0.15, 0.2) is 0 Å². The predicted molar refractivity (Wildman–Crippen MR) is 88.5 cm³/mol. The van der Waals surface area contributed by atoms with Gasteiger partial charge >= 0.3 is 0 Å². The average Bonchev–Trinajstić information content (AvgIpc) is 3.05. The summed E-state index contributed by atoms with van der Waals surface area (Å²) in [7, 11) is 2.21. The zero-order valence-corrected chi connectivity index (χ0v) is 13.4. The van der Waals surface area contributed by atoms with E-state index < -0.39 is 0 Å². The fourth-order valence-electron chi connectivity index (χ4n) is 3.38. The van der Waals surface area contributed by atoms with Crippen LogP contribution in [0.25, 0.3) is 10.1 Å². The third-order valence-electron chi connectivity index (χ3n) is 4.48. The summed E-state index contributed by atoms with van der Waals surface area (Å²) in [5.41, 5.74) is 5.90. The molecule has 2 unspecified atom stereocenters. The monoisotopic (exact) mass is 308 g/mol. The quantitative estimate of drug-likeness (QED) is 0.921. The zero-order chi connectivity index (χ0) is 14.1. The van der Waals surface area contributed by atoms with Crippen molar-refractivity contribution in [3.8, 4) is 0 Å². The van der Waals surface area contributed by atoms with Crippen molar-refractivity contribution < 1.29 is 0 Å². The van der Waals surface area contributed by atoms with E-state index in [1.165, 1.54) is 34.2 Å². The highest BCUT2D eigenvalue weighted by Gasteiger charge is 2.29. The Balaban J connectivity index is 1.80. The van der Waals surface area contributed by atoms with Gasteiger partial charge in [-0.05, 0) is 38.4 Å². The summed E-state index contributed by atoms with van der Waals surface area (Å²) in [5, 5.41) is 2.11. The summed E-state index contributed by atoms with van der Waals surface area (Å²) in [6.45, 7) is 1.73. The van der Waals surface area contributed by atoms with Gasteiger partial charge in [-0.1, -0.05) is 36.2 Å². The highest BCUT2D eigenvalue weighted by atomic mass is 35.5. The van der Waals surface area contributed by atoms with Gasteiger partial charge in [-0.2, -0.15) is 0 Å². The van der Waals surface area contributed by atoms with Crippen LogP contribution in [0, 0.1) is 5.92 Å². The summed E-state index contributed by atoms with van der Waals surface area (Å²) in [6, 6.07) is 8.99. The maximum atomic E-state index is 6.54. The lowest BCUT2D eigenvalue weighted by Crippen LogP contribution is -2.37. The molecular formula is C16H21ClN2S. The number of nitrogens with zero attached hydrogens (tertiary/aromatic N) is 1. The highest BCUT2D eigenvalue weighted by Crippen LogP contribution is 2.37. The topological polar surface area (TPSA) is 29.3 Å². The van der Waals surface area contributed by atoms with E-state index in [-0.39, 0.29) is 0 Å². The lowest BCUT2D eigenvalue weighted by Gasteiger charge is -2.28. The average molecular weight is 309 g/mol. The van der Waals surface area contributed by atoms with E-state index >= 15 is 0 Å². The SMILES string of the molecule is CN(Cc1sc2ccccc2c1Cl)C1CCCC1CN. The highest BCUT2D eigenvalue weighted by molar-refractivity contribution is 7.19. The summed E-state index contributed by atoms with van der Waals surface area (Å²) in [6.07, 6.45) is 3.84. The first-order valence-electron chi connectivity index (χ1n) is 7.27. The van der Waals surface area contributed by atoms with Crippen LogP contribution >= 0.6 is 22.9 Å². The van der Waals surface area contributed by atoms with Crippen LogP contribution in [-0.4, -0.2) is 24.5 Å². The van der Waals surface area contributed by atoms with Gasteiger partial charge in [-0.25, -0.2) is 0 Å². The van der Waals surface area contributed by atoms with Gasteiger partial charge in [-0.15, -0.1) is 11.3 Å². The number of hydrogen-bond acceptors (Lipinski definition) is 3. The molecule has 2 nitrogen and oxygen atoms in total. The van der Waals surface area contributed by atoms with Crippen molar-refractivity contribution in [2.24, 2.45) is 11.7 Å². The second-order valence-electron chi connectivity index (χ2n) is 5.74. The fraction of sp³-hybridized carbons (Fsp3) is 0.500. The minimum Gasteiger partial charge on any atom is -0.330 e. The van der Waals surface area contributed by atoms with Crippen LogP contribution in [0.5, 0.6) is 0 Å². The van der Waals surface area contributed by atoms with Crippen molar-refractivity contribution in [1.29, 1.82) is 0 Å². The number of fused-ring (bicyclic) bond motifs is 1. The van der Waals surface area contributed by atoms with Crippen molar-refractivity contribution in [3.05, 3.63) is 34.2 Å². The summed E-state index contributed by atoms with van der Waals surface area (Å²) < 4.78 is 1.28. The molecule has 2 N–H and O–H groups in total. The Morgan fingerprint density at radius 3 is 2.90 bits per heavy atom. The molecule has 20 heavy (non-hydrogen) atoms. The van der Waals surface area contributed by atoms with Crippen molar-refractivity contribution in [3.63, 3.8) is 0 Å². The molecular weight excluding hydrogens is 288 g/mol. The molecule has 1 saturated carbocycles. The second kappa shape index (κ2) is 6.02. The van der Waals surface area contributed by atoms with Gasteiger partial charge in [0.05, 0.1) is 5.02 Å². The molecule has 2 aromatic rings. The van der Waals surface area contributed by atoms with Gasteiger partial charge < -0.3 is 5.73 Å². The van der Waals surface area contributed by atoms with Crippen LogP contribution in [-0.2, 0) is 6.54 Å². The van der Waals surface area contributed by atoms with Crippen molar-refractivity contribution in [1.82, 2.24) is 4.90 Å². The number of nitrogens with two attached hydrogens (primary N) is 1. The number of hydrogen-bond donors (Lipinski definition) is 1. The molecule has 1 aromatic carbocycles. The van der Waals surface area contributed by atoms with Gasteiger partial charge in [0.25, 0.3) is 0 Å². The first-order valence-corrected chi connectivity index (χ1v) is 8.46. The molecule has 1 aliphatic rings. The van der Waals surface area contributed by atoms with Crippen LogP contribution in [0.15, 0.2) is 24.3 Å². The molecule has 1 aliphatic carbocycles. The van der Waals surface area contributed by atoms with E-state index in [1.807, 2.05) is 11.3 Å². The molecule has 0 radical (unpaired) electrons. The fourth-order valence-corrected chi connectivity index (χ4v) is 4.94. The van der Waals surface area contributed by atoms with Gasteiger partial charge in [0.2, 0.25) is 0 Å². The van der Waals surface area contributed by atoms with E-state index in [9.17, 15) is 0 Å². The predicted octanol–water partition coefficient (Wildman–Crippen LogP) is 4.11. The largest absolute Gasteiger partial charge is 0.330 e. The van der Waals surface area contributed by atoms with Crippen LogP contribution in [0.4, 0.5) is 0 Å². The molecule has 0 bridgehead atoms. The van der Waals surface area contributed by atoms with E-state index in [4.69, 9.17) is 17.3 Å². The van der Waals surface area contributed by atoms with Gasteiger partial charge in [0, 0.05) is 27.5 Å². The minimum atomic E-state index is 0.612. The first-order chi connectivity index (χ1) is 9.70. The van der Waals surface area contributed by atoms with Crippen molar-refractivity contribution >= 4 is 33.0 Å². The lowest BCUT2D eigenvalue weighted by molar-refractivity contribution is 0.194. The summed E-state index contributed by atoms with van der Waals surface area (Å²) in [4.78, 5) is 3.72. The molecule has 0 aliphatic heterocycles. The third kappa shape index (κ3) is 2.60. The van der Waals surface area contributed by atoms with Crippen LogP contribution in [0.2, 0.25) is 5.02 Å². The molecule has 1 heterocycles. The molecule has 4 heteroatoms. The minimum absolute atomic E-state index is 0.612. The second-order valence-corrected chi connectivity index (χ2v) is 7.26. The zero-order valence-electron chi connectivity index (χ0n) is 11.8. The Bertz CT molecular complexity index is 595. The molecule has 0 amide bonds. The molecule has 0 saturated heterocycles. The smallest absolute Gasteiger partial charge is 0.0637 e. The molecule has 1 aromatic heterocycles. The Morgan fingerprint density at radius 2 is 2.15 bits per heavy atom. The molecule has 108 valence electrons. The number of rotatable bonds is 4. The van der Waals surface area contributed by atoms with Gasteiger partial charge in [-0.3, -0.25) is 4.90 Å². The van der Waals surface area contributed by atoms with Crippen LogP contribution in [0.1, 0.15) is 24.1 Å². The van der Waals surface area contributed by atoms with Crippen molar-refractivity contribution in [2.45, 2.75) is 31.8 Å².